The zero-order valence-electron chi connectivity index (χ0n) is 9.25. The standard InChI is InChI=1S/C8H16N4O2S.ClH/c1-6(2)3-7(9)4-15(13,14)8-10-5-11-12-8;/h5-7H,3-4,9H2,1-2H3,(H,10,11,12);1H/t7-;/m0./s1. The van der Waals surface area contributed by atoms with Gasteiger partial charge in [-0.05, 0) is 12.3 Å². The van der Waals surface area contributed by atoms with E-state index in [4.69, 9.17) is 5.73 Å². The highest BCUT2D eigenvalue weighted by Crippen LogP contribution is 2.09. The quantitative estimate of drug-likeness (QED) is 0.803. The lowest BCUT2D eigenvalue weighted by Gasteiger charge is -2.12. The first-order valence-corrected chi connectivity index (χ1v) is 6.40. The highest BCUT2D eigenvalue weighted by atomic mass is 35.5. The molecule has 1 rings (SSSR count). The van der Waals surface area contributed by atoms with E-state index in [1.54, 1.807) is 0 Å². The van der Waals surface area contributed by atoms with Gasteiger partial charge >= 0.3 is 0 Å². The molecule has 0 saturated carbocycles. The van der Waals surface area contributed by atoms with Gasteiger partial charge in [0.05, 0.1) is 5.75 Å². The van der Waals surface area contributed by atoms with Crippen LogP contribution in [0, 0.1) is 5.92 Å². The Morgan fingerprint density at radius 3 is 2.56 bits per heavy atom. The summed E-state index contributed by atoms with van der Waals surface area (Å²) in [6.45, 7) is 4.00. The van der Waals surface area contributed by atoms with Crippen LogP contribution in [0.5, 0.6) is 0 Å². The molecule has 0 spiro atoms. The third kappa shape index (κ3) is 4.46. The Hall–Kier alpha value is -0.660. The topological polar surface area (TPSA) is 102 Å². The molecule has 0 saturated heterocycles. The van der Waals surface area contributed by atoms with Crippen LogP contribution in [-0.4, -0.2) is 35.4 Å². The summed E-state index contributed by atoms with van der Waals surface area (Å²) in [5, 5.41) is 5.72. The number of rotatable bonds is 5. The normalized spacial score (nSPS) is 13.5. The number of aromatic amines is 1. The van der Waals surface area contributed by atoms with E-state index in [2.05, 4.69) is 15.2 Å². The smallest absolute Gasteiger partial charge is 0.243 e. The first-order valence-electron chi connectivity index (χ1n) is 4.75. The molecule has 3 N–H and O–H groups in total. The third-order valence-corrected chi connectivity index (χ3v) is 3.55. The number of nitrogens with one attached hydrogen (secondary N) is 1. The lowest BCUT2D eigenvalue weighted by Crippen LogP contribution is -2.31. The van der Waals surface area contributed by atoms with Gasteiger partial charge in [0.2, 0.25) is 15.0 Å². The molecule has 1 aromatic rings. The Labute approximate surface area is 101 Å². The van der Waals surface area contributed by atoms with E-state index >= 15 is 0 Å². The van der Waals surface area contributed by atoms with Crippen LogP contribution in [-0.2, 0) is 9.84 Å². The zero-order valence-corrected chi connectivity index (χ0v) is 10.9. The minimum Gasteiger partial charge on any atom is -0.327 e. The van der Waals surface area contributed by atoms with Crippen molar-refractivity contribution in [2.45, 2.75) is 31.5 Å². The largest absolute Gasteiger partial charge is 0.327 e. The molecule has 1 atom stereocenters. The summed E-state index contributed by atoms with van der Waals surface area (Å²) >= 11 is 0. The van der Waals surface area contributed by atoms with E-state index in [1.807, 2.05) is 13.8 Å². The second-order valence-corrected chi connectivity index (χ2v) is 5.91. The van der Waals surface area contributed by atoms with Crippen LogP contribution in [0.1, 0.15) is 20.3 Å². The molecule has 0 aliphatic carbocycles. The van der Waals surface area contributed by atoms with Crippen LogP contribution in [0.3, 0.4) is 0 Å². The van der Waals surface area contributed by atoms with Crippen LogP contribution in [0.25, 0.3) is 0 Å². The van der Waals surface area contributed by atoms with Crippen LogP contribution in [0.2, 0.25) is 0 Å². The van der Waals surface area contributed by atoms with E-state index in [0.717, 1.165) is 0 Å². The number of nitrogens with two attached hydrogens (primary N) is 1. The van der Waals surface area contributed by atoms with Gasteiger partial charge in [0.25, 0.3) is 0 Å². The summed E-state index contributed by atoms with van der Waals surface area (Å²) in [4.78, 5) is 3.61. The molecule has 16 heavy (non-hydrogen) atoms. The summed E-state index contributed by atoms with van der Waals surface area (Å²) in [5.41, 5.74) is 5.73. The maximum Gasteiger partial charge on any atom is 0.243 e. The monoisotopic (exact) mass is 268 g/mol. The lowest BCUT2D eigenvalue weighted by atomic mass is 10.1. The van der Waals surface area contributed by atoms with Gasteiger partial charge in [-0.3, -0.25) is 5.10 Å². The average Bonchev–Trinajstić information content (AvgIpc) is 2.51. The molecule has 0 aliphatic heterocycles. The van der Waals surface area contributed by atoms with Gasteiger partial charge in [-0.15, -0.1) is 12.4 Å². The van der Waals surface area contributed by atoms with E-state index in [-0.39, 0.29) is 29.4 Å². The summed E-state index contributed by atoms with van der Waals surface area (Å²) in [6.07, 6.45) is 1.84. The van der Waals surface area contributed by atoms with E-state index in [9.17, 15) is 8.42 Å². The molecule has 6 nitrogen and oxygen atoms in total. The number of hydrogen-bond acceptors (Lipinski definition) is 5. The highest BCUT2D eigenvalue weighted by molar-refractivity contribution is 7.91. The number of H-pyrrole nitrogens is 1. The Morgan fingerprint density at radius 1 is 1.50 bits per heavy atom. The van der Waals surface area contributed by atoms with Crippen molar-refractivity contribution in [1.82, 2.24) is 15.2 Å². The van der Waals surface area contributed by atoms with Gasteiger partial charge in [-0.1, -0.05) is 13.8 Å². The maximum absolute atomic E-state index is 11.7. The Balaban J connectivity index is 0.00000225. The minimum absolute atomic E-state index is 0. The van der Waals surface area contributed by atoms with Crippen molar-refractivity contribution in [3.05, 3.63) is 6.33 Å². The van der Waals surface area contributed by atoms with Crippen molar-refractivity contribution in [2.24, 2.45) is 11.7 Å². The number of aromatic nitrogens is 3. The summed E-state index contributed by atoms with van der Waals surface area (Å²) in [6, 6.07) is -0.361. The number of halogens is 1. The molecule has 0 amide bonds. The lowest BCUT2D eigenvalue weighted by molar-refractivity contribution is 0.511. The van der Waals surface area contributed by atoms with E-state index in [1.165, 1.54) is 6.33 Å². The fourth-order valence-corrected chi connectivity index (χ4v) is 2.64. The molecule has 1 heterocycles. The molecule has 94 valence electrons. The van der Waals surface area contributed by atoms with Gasteiger partial charge in [0.15, 0.2) is 0 Å². The van der Waals surface area contributed by atoms with Crippen LogP contribution in [0.15, 0.2) is 11.5 Å². The molecule has 0 aromatic carbocycles. The Bertz CT molecular complexity index is 390. The van der Waals surface area contributed by atoms with Crippen molar-refractivity contribution in [3.63, 3.8) is 0 Å². The van der Waals surface area contributed by atoms with Crippen molar-refractivity contribution >= 4 is 22.2 Å². The second-order valence-electron chi connectivity index (χ2n) is 3.96. The van der Waals surface area contributed by atoms with Gasteiger partial charge in [0.1, 0.15) is 6.33 Å². The third-order valence-electron chi connectivity index (χ3n) is 1.90. The molecule has 0 aliphatic rings. The number of hydrogen-bond donors (Lipinski definition) is 2. The molecule has 0 bridgehead atoms. The van der Waals surface area contributed by atoms with Crippen molar-refractivity contribution in [3.8, 4) is 0 Å². The molecule has 1 aromatic heterocycles. The zero-order chi connectivity index (χ0) is 11.5. The minimum atomic E-state index is -3.42. The summed E-state index contributed by atoms with van der Waals surface area (Å²) < 4.78 is 23.3. The van der Waals surface area contributed by atoms with Gasteiger partial charge in [0, 0.05) is 6.04 Å². The number of nitrogens with zero attached hydrogens (tertiary/aromatic N) is 2. The molecular formula is C8H17ClN4O2S. The van der Waals surface area contributed by atoms with Crippen molar-refractivity contribution in [2.75, 3.05) is 5.75 Å². The Morgan fingerprint density at radius 2 is 2.12 bits per heavy atom. The van der Waals surface area contributed by atoms with Crippen LogP contribution < -0.4 is 5.73 Å². The molecule has 8 heteroatoms. The average molecular weight is 269 g/mol. The van der Waals surface area contributed by atoms with Crippen molar-refractivity contribution in [1.29, 1.82) is 0 Å². The SMILES string of the molecule is CC(C)C[C@H](N)CS(=O)(=O)c1ncn[nH]1.Cl. The molecule has 0 radical (unpaired) electrons. The highest BCUT2D eigenvalue weighted by Gasteiger charge is 2.21. The van der Waals surface area contributed by atoms with E-state index in [0.29, 0.717) is 12.3 Å². The van der Waals surface area contributed by atoms with Gasteiger partial charge in [-0.25, -0.2) is 13.4 Å². The molecular weight excluding hydrogens is 252 g/mol. The second kappa shape index (κ2) is 6.17. The van der Waals surface area contributed by atoms with E-state index < -0.39 is 9.84 Å². The summed E-state index contributed by atoms with van der Waals surface area (Å²) in [5.74, 6) is 0.283. The van der Waals surface area contributed by atoms with Crippen molar-refractivity contribution < 1.29 is 8.42 Å². The molecule has 0 unspecified atom stereocenters. The Kier molecular flexibility index (Phi) is 5.91. The molecule has 0 fully saturated rings. The predicted octanol–water partition coefficient (Wildman–Crippen LogP) is 0.374. The summed E-state index contributed by atoms with van der Waals surface area (Å²) in [7, 11) is -3.42. The fraction of sp³-hybridized carbons (Fsp3) is 0.750. The predicted molar refractivity (Wildman–Crippen MR) is 63.1 cm³/mol. The van der Waals surface area contributed by atoms with Gasteiger partial charge in [-0.2, -0.15) is 5.10 Å². The van der Waals surface area contributed by atoms with Crippen LogP contribution in [0.4, 0.5) is 0 Å². The fourth-order valence-electron chi connectivity index (χ4n) is 1.38. The van der Waals surface area contributed by atoms with Gasteiger partial charge < -0.3 is 5.73 Å². The first kappa shape index (κ1) is 15.3. The maximum atomic E-state index is 11.7. The van der Waals surface area contributed by atoms with Crippen LogP contribution >= 0.6 is 12.4 Å². The number of sulfone groups is 1. The first-order chi connectivity index (χ1) is 6.92.